The number of hydrazine groups is 1. The number of rotatable bonds is 3. The minimum atomic E-state index is -0.393. The number of carbonyl (C=O) groups excluding carboxylic acids is 1. The summed E-state index contributed by atoms with van der Waals surface area (Å²) in [6, 6.07) is 1.54. The maximum absolute atomic E-state index is 11.8. The molecule has 0 spiro atoms. The molecule has 1 amide bonds. The summed E-state index contributed by atoms with van der Waals surface area (Å²) in [5.74, 6) is 0.493. The molecule has 0 saturated carbocycles. The number of hydrogen-bond acceptors (Lipinski definition) is 4. The Balaban J connectivity index is 2.67. The maximum Gasteiger partial charge on any atom is 0.292 e. The minimum absolute atomic E-state index is 0.118. The molecule has 0 unspecified atom stereocenters. The summed E-state index contributed by atoms with van der Waals surface area (Å²) >= 11 is 4.85. The number of nitrogens with zero attached hydrogens (tertiary/aromatic N) is 2. The Hall–Kier alpha value is -1.63. The molecule has 0 atom stereocenters. The highest BCUT2D eigenvalue weighted by Gasteiger charge is 2.16. The minimum Gasteiger partial charge on any atom is -0.375 e. The summed E-state index contributed by atoms with van der Waals surface area (Å²) in [6.07, 6.45) is 0. The third-order valence-electron chi connectivity index (χ3n) is 1.91. The molecule has 3 N–H and O–H groups in total. The number of thiocarbonyl (C=S) groups is 1. The number of aromatic nitrogens is 1. The zero-order chi connectivity index (χ0) is 13.0. The van der Waals surface area contributed by atoms with Gasteiger partial charge in [0.1, 0.15) is 5.76 Å². The first-order chi connectivity index (χ1) is 7.90. The molecule has 0 saturated heterocycles. The molecule has 1 aromatic rings. The van der Waals surface area contributed by atoms with E-state index in [-0.39, 0.29) is 10.8 Å². The van der Waals surface area contributed by atoms with Crippen LogP contribution in [0.3, 0.4) is 0 Å². The Morgan fingerprint density at radius 3 is 2.76 bits per heavy atom. The quantitative estimate of drug-likeness (QED) is 0.615. The van der Waals surface area contributed by atoms with Gasteiger partial charge in [0.15, 0.2) is 10.8 Å². The fraction of sp³-hybridized carbons (Fsp3) is 0.500. The summed E-state index contributed by atoms with van der Waals surface area (Å²) in [6.45, 7) is 6.25. The highest BCUT2D eigenvalue weighted by molar-refractivity contribution is 7.80. The van der Waals surface area contributed by atoms with Gasteiger partial charge in [-0.3, -0.25) is 15.2 Å². The van der Waals surface area contributed by atoms with Crippen LogP contribution in [0.5, 0.6) is 0 Å². The number of amides is 1. The molecule has 0 aliphatic carbocycles. The molecule has 0 radical (unpaired) electrons. The smallest absolute Gasteiger partial charge is 0.292 e. The van der Waals surface area contributed by atoms with Gasteiger partial charge >= 0.3 is 0 Å². The van der Waals surface area contributed by atoms with E-state index in [1.54, 1.807) is 13.0 Å². The first-order valence-electron chi connectivity index (χ1n) is 5.21. The fourth-order valence-electron chi connectivity index (χ4n) is 1.21. The normalized spacial score (nSPS) is 10.4. The van der Waals surface area contributed by atoms with E-state index >= 15 is 0 Å². The predicted molar refractivity (Wildman–Crippen MR) is 67.0 cm³/mol. The van der Waals surface area contributed by atoms with Crippen LogP contribution in [0, 0.1) is 12.8 Å². The molecule has 94 valence electrons. The van der Waals surface area contributed by atoms with Crippen molar-refractivity contribution in [2.45, 2.75) is 20.8 Å². The van der Waals surface area contributed by atoms with Crippen molar-refractivity contribution in [3.8, 4) is 0 Å². The number of carbonyl (C=O) groups is 1. The summed E-state index contributed by atoms with van der Waals surface area (Å²) < 4.78 is 4.82. The summed E-state index contributed by atoms with van der Waals surface area (Å²) in [5.41, 5.74) is 8.30. The van der Waals surface area contributed by atoms with E-state index in [0.29, 0.717) is 18.2 Å². The second-order valence-electron chi connectivity index (χ2n) is 4.11. The van der Waals surface area contributed by atoms with Crippen LogP contribution in [0.15, 0.2) is 10.6 Å². The van der Waals surface area contributed by atoms with E-state index in [9.17, 15) is 4.79 Å². The lowest BCUT2D eigenvalue weighted by atomic mass is 10.2. The molecular formula is C10H16N4O2S. The van der Waals surface area contributed by atoms with Crippen molar-refractivity contribution in [2.75, 3.05) is 6.54 Å². The Morgan fingerprint density at radius 2 is 2.35 bits per heavy atom. The van der Waals surface area contributed by atoms with Crippen LogP contribution < -0.4 is 11.2 Å². The van der Waals surface area contributed by atoms with E-state index in [1.165, 1.54) is 5.01 Å². The van der Waals surface area contributed by atoms with Crippen LogP contribution in [0.2, 0.25) is 0 Å². The van der Waals surface area contributed by atoms with Gasteiger partial charge in [0.25, 0.3) is 5.91 Å². The van der Waals surface area contributed by atoms with Crippen molar-refractivity contribution >= 4 is 23.2 Å². The molecule has 0 aromatic carbocycles. The van der Waals surface area contributed by atoms with Crippen LogP contribution >= 0.6 is 12.2 Å². The zero-order valence-electron chi connectivity index (χ0n) is 10.1. The Labute approximate surface area is 105 Å². The summed E-state index contributed by atoms with van der Waals surface area (Å²) in [5, 5.41) is 5.15. The van der Waals surface area contributed by atoms with Gasteiger partial charge in [-0.05, 0) is 25.1 Å². The van der Waals surface area contributed by atoms with Crippen molar-refractivity contribution in [1.82, 2.24) is 15.6 Å². The summed E-state index contributed by atoms with van der Waals surface area (Å²) in [4.78, 5) is 11.8. The number of aryl methyl sites for hydroxylation is 1. The van der Waals surface area contributed by atoms with Crippen molar-refractivity contribution in [2.24, 2.45) is 11.7 Å². The molecule has 0 bridgehead atoms. The van der Waals surface area contributed by atoms with Gasteiger partial charge in [0.2, 0.25) is 0 Å². The first-order valence-corrected chi connectivity index (χ1v) is 5.62. The van der Waals surface area contributed by atoms with Gasteiger partial charge in [-0.1, -0.05) is 19.0 Å². The monoisotopic (exact) mass is 256 g/mol. The fourth-order valence-corrected chi connectivity index (χ4v) is 1.33. The maximum atomic E-state index is 11.8. The molecule has 0 aliphatic heterocycles. The lowest BCUT2D eigenvalue weighted by molar-refractivity contribution is 0.0853. The Kier molecular flexibility index (Phi) is 4.45. The molecule has 7 heteroatoms. The average Bonchev–Trinajstić information content (AvgIpc) is 2.63. The predicted octanol–water partition coefficient (Wildman–Crippen LogP) is 0.829. The van der Waals surface area contributed by atoms with Gasteiger partial charge in [-0.25, -0.2) is 0 Å². The highest BCUT2D eigenvalue weighted by atomic mass is 32.1. The van der Waals surface area contributed by atoms with E-state index in [0.717, 1.165) is 0 Å². The second-order valence-corrected chi connectivity index (χ2v) is 4.52. The van der Waals surface area contributed by atoms with Crippen LogP contribution in [0.25, 0.3) is 0 Å². The standard InChI is InChI=1S/C10H16N4O2S/c1-6(2)5-14(10(11)17)12-9(15)8-4-7(3)16-13-8/h4,6H,5H2,1-3H3,(H2,11,17)(H,12,15). The Morgan fingerprint density at radius 1 is 1.71 bits per heavy atom. The highest BCUT2D eigenvalue weighted by Crippen LogP contribution is 2.02. The molecule has 6 nitrogen and oxygen atoms in total. The van der Waals surface area contributed by atoms with Crippen molar-refractivity contribution in [3.63, 3.8) is 0 Å². The molecule has 1 aromatic heterocycles. The lowest BCUT2D eigenvalue weighted by Crippen LogP contribution is -2.50. The van der Waals surface area contributed by atoms with Gasteiger partial charge in [-0.2, -0.15) is 0 Å². The van der Waals surface area contributed by atoms with Gasteiger partial charge in [0.05, 0.1) is 0 Å². The van der Waals surface area contributed by atoms with E-state index in [1.807, 2.05) is 13.8 Å². The van der Waals surface area contributed by atoms with Gasteiger partial charge in [-0.15, -0.1) is 0 Å². The zero-order valence-corrected chi connectivity index (χ0v) is 10.9. The third kappa shape index (κ3) is 4.03. The Bertz CT molecular complexity index is 416. The van der Waals surface area contributed by atoms with Crippen molar-refractivity contribution < 1.29 is 9.32 Å². The topological polar surface area (TPSA) is 84.4 Å². The molecule has 17 heavy (non-hydrogen) atoms. The molecular weight excluding hydrogens is 240 g/mol. The van der Waals surface area contributed by atoms with E-state index in [2.05, 4.69) is 10.6 Å². The van der Waals surface area contributed by atoms with Crippen LogP contribution in [0.1, 0.15) is 30.1 Å². The van der Waals surface area contributed by atoms with Crippen molar-refractivity contribution in [3.05, 3.63) is 17.5 Å². The van der Waals surface area contributed by atoms with Crippen LogP contribution in [-0.2, 0) is 0 Å². The SMILES string of the molecule is Cc1cc(C(=O)NN(CC(C)C)C(N)=S)no1. The number of hydrogen-bond donors (Lipinski definition) is 2. The van der Waals surface area contributed by atoms with E-state index < -0.39 is 5.91 Å². The molecule has 0 fully saturated rings. The van der Waals surface area contributed by atoms with Crippen molar-refractivity contribution in [1.29, 1.82) is 0 Å². The third-order valence-corrected chi connectivity index (χ3v) is 2.13. The van der Waals surface area contributed by atoms with Gasteiger partial charge < -0.3 is 10.3 Å². The average molecular weight is 256 g/mol. The molecule has 1 heterocycles. The van der Waals surface area contributed by atoms with Gasteiger partial charge in [0, 0.05) is 12.6 Å². The van der Waals surface area contributed by atoms with E-state index in [4.69, 9.17) is 22.5 Å². The molecule has 1 rings (SSSR count). The number of nitrogens with one attached hydrogen (secondary N) is 1. The molecule has 0 aliphatic rings. The first kappa shape index (κ1) is 13.4. The van der Waals surface area contributed by atoms with Crippen LogP contribution in [-0.4, -0.2) is 27.7 Å². The summed E-state index contributed by atoms with van der Waals surface area (Å²) in [7, 11) is 0. The number of nitrogens with two attached hydrogens (primary N) is 1. The second kappa shape index (κ2) is 5.62. The largest absolute Gasteiger partial charge is 0.375 e. The lowest BCUT2D eigenvalue weighted by Gasteiger charge is -2.24. The van der Waals surface area contributed by atoms with Crippen LogP contribution in [0.4, 0.5) is 0 Å².